The van der Waals surface area contributed by atoms with Gasteiger partial charge in [-0.3, -0.25) is 4.90 Å². The number of piperazine rings is 1. The van der Waals surface area contributed by atoms with E-state index in [2.05, 4.69) is 46.9 Å². The molecular weight excluding hydrogens is 331 g/mol. The summed E-state index contributed by atoms with van der Waals surface area (Å²) >= 11 is 3.33. The van der Waals surface area contributed by atoms with Crippen LogP contribution in [0.2, 0.25) is 0 Å². The van der Waals surface area contributed by atoms with Gasteiger partial charge in [0.25, 0.3) is 0 Å². The van der Waals surface area contributed by atoms with Crippen molar-refractivity contribution in [2.24, 2.45) is 5.92 Å². The number of rotatable bonds is 3. The molecule has 1 heterocycles. The maximum absolute atomic E-state index is 14.1. The second-order valence-corrected chi connectivity index (χ2v) is 8.37. The number of halogens is 2. The quantitative estimate of drug-likeness (QED) is 0.884. The molecule has 2 nitrogen and oxygen atoms in total. The normalized spacial score (nSPS) is 29.6. The molecule has 4 heteroatoms. The topological polar surface area (TPSA) is 15.3 Å². The molecule has 2 fully saturated rings. The largest absolute Gasteiger partial charge is 0.308 e. The van der Waals surface area contributed by atoms with Crippen molar-refractivity contribution in [1.82, 2.24) is 10.2 Å². The van der Waals surface area contributed by atoms with E-state index in [4.69, 9.17) is 0 Å². The Balaban J connectivity index is 1.80. The Kier molecular flexibility index (Phi) is 3.92. The van der Waals surface area contributed by atoms with Crippen LogP contribution in [-0.4, -0.2) is 29.1 Å². The number of benzene rings is 1. The summed E-state index contributed by atoms with van der Waals surface area (Å²) in [4.78, 5) is 2.44. The third-order valence-corrected chi connectivity index (χ3v) is 5.65. The molecule has 1 N–H and O–H groups in total. The summed E-state index contributed by atoms with van der Waals surface area (Å²) in [5.41, 5.74) is 1.02. The highest BCUT2D eigenvalue weighted by molar-refractivity contribution is 9.10. The first kappa shape index (κ1) is 15.4. The van der Waals surface area contributed by atoms with Gasteiger partial charge in [0, 0.05) is 40.7 Å². The highest BCUT2D eigenvalue weighted by Crippen LogP contribution is 2.42. The Labute approximate surface area is 135 Å². The lowest BCUT2D eigenvalue weighted by atomic mass is 9.86. The van der Waals surface area contributed by atoms with Crippen LogP contribution in [0, 0.1) is 11.7 Å². The van der Waals surface area contributed by atoms with Crippen LogP contribution in [0.3, 0.4) is 0 Å². The molecule has 0 radical (unpaired) electrons. The Morgan fingerprint density at radius 2 is 2.05 bits per heavy atom. The van der Waals surface area contributed by atoms with Crippen molar-refractivity contribution in [2.75, 3.05) is 13.1 Å². The van der Waals surface area contributed by atoms with Crippen LogP contribution < -0.4 is 5.32 Å². The van der Waals surface area contributed by atoms with Crippen LogP contribution in [0.4, 0.5) is 4.39 Å². The highest BCUT2D eigenvalue weighted by Gasteiger charge is 2.48. The van der Waals surface area contributed by atoms with Gasteiger partial charge in [-0.05, 0) is 51.7 Å². The van der Waals surface area contributed by atoms with Crippen molar-refractivity contribution in [3.05, 3.63) is 34.1 Å². The van der Waals surface area contributed by atoms with E-state index in [0.29, 0.717) is 6.54 Å². The summed E-state index contributed by atoms with van der Waals surface area (Å²) in [6, 6.07) is 5.38. The maximum Gasteiger partial charge on any atom is 0.128 e. The van der Waals surface area contributed by atoms with E-state index < -0.39 is 0 Å². The third kappa shape index (κ3) is 3.17. The van der Waals surface area contributed by atoms with Gasteiger partial charge in [-0.15, -0.1) is 0 Å². The Morgan fingerprint density at radius 1 is 1.33 bits per heavy atom. The second kappa shape index (κ2) is 5.32. The maximum atomic E-state index is 14.1. The monoisotopic (exact) mass is 354 g/mol. The van der Waals surface area contributed by atoms with Crippen molar-refractivity contribution < 1.29 is 4.39 Å². The summed E-state index contributed by atoms with van der Waals surface area (Å²) in [5, 5.41) is 3.74. The Bertz CT molecular complexity index is 542. The molecule has 1 aromatic carbocycles. The summed E-state index contributed by atoms with van der Waals surface area (Å²) in [6.07, 6.45) is 2.65. The first-order chi connectivity index (χ1) is 9.80. The minimum Gasteiger partial charge on any atom is -0.308 e. The molecule has 1 atom stereocenters. The minimum atomic E-state index is -0.119. The smallest absolute Gasteiger partial charge is 0.128 e. The van der Waals surface area contributed by atoms with Crippen LogP contribution >= 0.6 is 15.9 Å². The van der Waals surface area contributed by atoms with E-state index in [9.17, 15) is 4.39 Å². The molecule has 1 aliphatic carbocycles. The van der Waals surface area contributed by atoms with Crippen LogP contribution in [0.15, 0.2) is 22.7 Å². The molecule has 1 aromatic rings. The molecule has 0 amide bonds. The van der Waals surface area contributed by atoms with Crippen molar-refractivity contribution in [3.63, 3.8) is 0 Å². The van der Waals surface area contributed by atoms with Gasteiger partial charge in [-0.1, -0.05) is 22.0 Å². The molecular formula is C17H24BrFN2. The average molecular weight is 355 g/mol. The van der Waals surface area contributed by atoms with Gasteiger partial charge in [0.15, 0.2) is 0 Å². The van der Waals surface area contributed by atoms with Gasteiger partial charge in [0.2, 0.25) is 0 Å². The van der Waals surface area contributed by atoms with Crippen LogP contribution in [0.1, 0.15) is 39.2 Å². The fourth-order valence-electron chi connectivity index (χ4n) is 3.32. The predicted octanol–water partition coefficient (Wildman–Crippen LogP) is 3.94. The number of hydrogen-bond acceptors (Lipinski definition) is 2. The van der Waals surface area contributed by atoms with Crippen molar-refractivity contribution in [3.8, 4) is 0 Å². The summed E-state index contributed by atoms with van der Waals surface area (Å²) in [7, 11) is 0. The molecule has 3 rings (SSSR count). The van der Waals surface area contributed by atoms with E-state index in [1.165, 1.54) is 12.8 Å². The molecule has 21 heavy (non-hydrogen) atoms. The zero-order chi connectivity index (χ0) is 15.3. The summed E-state index contributed by atoms with van der Waals surface area (Å²) in [5.74, 6) is 0.665. The molecule has 2 aliphatic rings. The van der Waals surface area contributed by atoms with E-state index in [1.54, 1.807) is 6.07 Å². The molecule has 1 unspecified atom stereocenters. The van der Waals surface area contributed by atoms with Crippen LogP contribution in [-0.2, 0) is 6.54 Å². The molecule has 0 spiro atoms. The molecule has 1 aliphatic heterocycles. The first-order valence-corrected chi connectivity index (χ1v) is 8.53. The Morgan fingerprint density at radius 3 is 2.67 bits per heavy atom. The van der Waals surface area contributed by atoms with E-state index in [-0.39, 0.29) is 16.9 Å². The summed E-state index contributed by atoms with van der Waals surface area (Å²) < 4.78 is 14.9. The number of nitrogens with zero attached hydrogens (tertiary/aromatic N) is 1. The number of nitrogens with one attached hydrogen (secondary N) is 1. The SMILES string of the molecule is CC1(C2CC2)CN(Cc2ccc(Br)cc2F)C(C)(C)CN1. The zero-order valence-corrected chi connectivity index (χ0v) is 14.6. The van der Waals surface area contributed by atoms with E-state index in [1.807, 2.05) is 12.1 Å². The fourth-order valence-corrected chi connectivity index (χ4v) is 3.65. The molecule has 116 valence electrons. The van der Waals surface area contributed by atoms with Crippen LogP contribution in [0.25, 0.3) is 0 Å². The highest BCUT2D eigenvalue weighted by atomic mass is 79.9. The van der Waals surface area contributed by atoms with Gasteiger partial charge in [0.05, 0.1) is 0 Å². The lowest BCUT2D eigenvalue weighted by molar-refractivity contribution is 0.0171. The van der Waals surface area contributed by atoms with Crippen LogP contribution in [0.5, 0.6) is 0 Å². The first-order valence-electron chi connectivity index (χ1n) is 7.74. The van der Waals surface area contributed by atoms with Crippen molar-refractivity contribution >= 4 is 15.9 Å². The van der Waals surface area contributed by atoms with Gasteiger partial charge in [0.1, 0.15) is 5.82 Å². The third-order valence-electron chi connectivity index (χ3n) is 5.15. The fraction of sp³-hybridized carbons (Fsp3) is 0.647. The minimum absolute atomic E-state index is 0.0495. The van der Waals surface area contributed by atoms with Gasteiger partial charge >= 0.3 is 0 Å². The van der Waals surface area contributed by atoms with E-state index in [0.717, 1.165) is 29.0 Å². The molecule has 1 saturated carbocycles. The van der Waals surface area contributed by atoms with Gasteiger partial charge in [-0.25, -0.2) is 4.39 Å². The zero-order valence-electron chi connectivity index (χ0n) is 13.0. The van der Waals surface area contributed by atoms with E-state index >= 15 is 0 Å². The second-order valence-electron chi connectivity index (χ2n) is 7.45. The summed E-state index contributed by atoms with van der Waals surface area (Å²) in [6.45, 7) is 9.42. The number of hydrogen-bond donors (Lipinski definition) is 1. The molecule has 1 saturated heterocycles. The van der Waals surface area contributed by atoms with Gasteiger partial charge in [-0.2, -0.15) is 0 Å². The van der Waals surface area contributed by atoms with Gasteiger partial charge < -0.3 is 5.32 Å². The van der Waals surface area contributed by atoms with Crippen molar-refractivity contribution in [1.29, 1.82) is 0 Å². The lowest BCUT2D eigenvalue weighted by Gasteiger charge is -2.51. The van der Waals surface area contributed by atoms with Crippen molar-refractivity contribution in [2.45, 2.75) is 51.2 Å². The Hall–Kier alpha value is -0.450. The average Bonchev–Trinajstić information content (AvgIpc) is 3.22. The standard InChI is InChI=1S/C17H24BrFN2/c1-16(2)10-20-17(3,13-5-6-13)11-21(16)9-12-4-7-14(18)8-15(12)19/h4,7-8,13,20H,5-6,9-11H2,1-3H3. The lowest BCUT2D eigenvalue weighted by Crippen LogP contribution is -2.67. The molecule has 0 bridgehead atoms. The molecule has 0 aromatic heterocycles. The predicted molar refractivity (Wildman–Crippen MR) is 87.7 cm³/mol.